The van der Waals surface area contributed by atoms with Gasteiger partial charge in [-0.3, -0.25) is 0 Å². The number of H-pyrrole nitrogens is 1. The SMILES string of the molecule is Cc1cc2ccccc2[nH]1.c1ccc2c(c1)CCN2. The van der Waals surface area contributed by atoms with E-state index >= 15 is 0 Å². The second kappa shape index (κ2) is 5.19. The second-order valence-corrected chi connectivity index (χ2v) is 4.87. The predicted octanol–water partition coefficient (Wildman–Crippen LogP) is 4.13. The van der Waals surface area contributed by atoms with Gasteiger partial charge in [-0.1, -0.05) is 36.4 Å². The molecule has 0 unspecified atom stereocenters. The standard InChI is InChI=1S/C9H9N.C8H9N/c1-7-6-8-4-2-3-5-9(8)10-7;1-2-4-8-7(3-1)5-6-9-8/h2-6,10H,1H3;1-4,9H,5-6H2. The molecule has 4 rings (SSSR count). The molecule has 3 aromatic rings. The predicted molar refractivity (Wildman–Crippen MR) is 81.7 cm³/mol. The van der Waals surface area contributed by atoms with Crippen molar-refractivity contribution in [2.24, 2.45) is 0 Å². The maximum atomic E-state index is 3.30. The zero-order chi connectivity index (χ0) is 13.1. The summed E-state index contributed by atoms with van der Waals surface area (Å²) in [4.78, 5) is 3.26. The molecule has 2 nitrogen and oxygen atoms in total. The van der Waals surface area contributed by atoms with Crippen LogP contribution in [0.15, 0.2) is 54.6 Å². The van der Waals surface area contributed by atoms with Gasteiger partial charge in [0.2, 0.25) is 0 Å². The fraction of sp³-hybridized carbons (Fsp3) is 0.176. The Morgan fingerprint density at radius 3 is 2.58 bits per heavy atom. The quantitative estimate of drug-likeness (QED) is 0.617. The molecule has 0 amide bonds. The first-order valence-corrected chi connectivity index (χ1v) is 6.69. The highest BCUT2D eigenvalue weighted by atomic mass is 14.9. The molecule has 0 radical (unpaired) electrons. The largest absolute Gasteiger partial charge is 0.384 e. The van der Waals surface area contributed by atoms with E-state index in [4.69, 9.17) is 0 Å². The minimum atomic E-state index is 1.11. The molecule has 19 heavy (non-hydrogen) atoms. The molecule has 0 aliphatic carbocycles. The molecule has 2 aromatic carbocycles. The Balaban J connectivity index is 0.000000117. The Morgan fingerprint density at radius 1 is 0.947 bits per heavy atom. The normalized spacial score (nSPS) is 12.5. The highest BCUT2D eigenvalue weighted by molar-refractivity contribution is 5.79. The van der Waals surface area contributed by atoms with Gasteiger partial charge in [-0.05, 0) is 42.5 Å². The van der Waals surface area contributed by atoms with Crippen molar-refractivity contribution >= 4 is 16.6 Å². The molecule has 1 aromatic heterocycles. The zero-order valence-corrected chi connectivity index (χ0v) is 11.1. The van der Waals surface area contributed by atoms with E-state index in [1.165, 1.54) is 34.3 Å². The summed E-state index contributed by atoms with van der Waals surface area (Å²) in [5, 5.41) is 4.59. The van der Waals surface area contributed by atoms with E-state index in [1.807, 2.05) is 6.07 Å². The van der Waals surface area contributed by atoms with Crippen LogP contribution in [0.3, 0.4) is 0 Å². The average Bonchev–Trinajstić information content (AvgIpc) is 3.03. The van der Waals surface area contributed by atoms with Gasteiger partial charge < -0.3 is 10.3 Å². The molecule has 1 aliphatic heterocycles. The summed E-state index contributed by atoms with van der Waals surface area (Å²) in [6.45, 7) is 3.18. The zero-order valence-electron chi connectivity index (χ0n) is 11.1. The van der Waals surface area contributed by atoms with Gasteiger partial charge in [0.25, 0.3) is 0 Å². The fourth-order valence-corrected chi connectivity index (χ4v) is 2.46. The van der Waals surface area contributed by atoms with Gasteiger partial charge in [-0.2, -0.15) is 0 Å². The molecule has 96 valence electrons. The van der Waals surface area contributed by atoms with Gasteiger partial charge in [0, 0.05) is 23.4 Å². The third kappa shape index (κ3) is 2.63. The lowest BCUT2D eigenvalue weighted by molar-refractivity contribution is 1.11. The summed E-state index contributed by atoms with van der Waals surface area (Å²) < 4.78 is 0. The van der Waals surface area contributed by atoms with Gasteiger partial charge in [0.05, 0.1) is 0 Å². The Kier molecular flexibility index (Phi) is 3.23. The Labute approximate surface area is 113 Å². The van der Waals surface area contributed by atoms with Crippen LogP contribution < -0.4 is 5.32 Å². The molecule has 2 heterocycles. The first-order chi connectivity index (χ1) is 9.33. The van der Waals surface area contributed by atoms with Crippen LogP contribution in [0.2, 0.25) is 0 Å². The van der Waals surface area contributed by atoms with E-state index in [-0.39, 0.29) is 0 Å². The molecule has 0 bridgehead atoms. The molecular weight excluding hydrogens is 232 g/mol. The van der Waals surface area contributed by atoms with E-state index < -0.39 is 0 Å². The molecule has 0 saturated carbocycles. The molecule has 0 fully saturated rings. The Morgan fingerprint density at radius 2 is 1.74 bits per heavy atom. The third-order valence-electron chi connectivity index (χ3n) is 3.39. The van der Waals surface area contributed by atoms with Gasteiger partial charge in [-0.15, -0.1) is 0 Å². The minimum absolute atomic E-state index is 1.11. The number of aromatic amines is 1. The van der Waals surface area contributed by atoms with Gasteiger partial charge in [-0.25, -0.2) is 0 Å². The van der Waals surface area contributed by atoms with Crippen molar-refractivity contribution in [3.63, 3.8) is 0 Å². The number of aryl methyl sites for hydroxylation is 1. The fourth-order valence-electron chi connectivity index (χ4n) is 2.46. The van der Waals surface area contributed by atoms with E-state index in [0.29, 0.717) is 0 Å². The number of hydrogen-bond donors (Lipinski definition) is 2. The van der Waals surface area contributed by atoms with E-state index in [2.05, 4.69) is 65.8 Å². The summed E-state index contributed by atoms with van der Waals surface area (Å²) in [6, 6.07) is 18.9. The van der Waals surface area contributed by atoms with Crippen molar-refractivity contribution in [2.45, 2.75) is 13.3 Å². The van der Waals surface area contributed by atoms with Crippen molar-refractivity contribution in [3.8, 4) is 0 Å². The number of para-hydroxylation sites is 2. The lowest BCUT2D eigenvalue weighted by atomic mass is 10.2. The van der Waals surface area contributed by atoms with Crippen LogP contribution in [0, 0.1) is 6.92 Å². The Bertz CT molecular complexity index is 626. The van der Waals surface area contributed by atoms with Gasteiger partial charge in [0.15, 0.2) is 0 Å². The average molecular weight is 250 g/mol. The van der Waals surface area contributed by atoms with E-state index in [1.54, 1.807) is 0 Å². The van der Waals surface area contributed by atoms with E-state index in [0.717, 1.165) is 6.54 Å². The maximum absolute atomic E-state index is 3.30. The monoisotopic (exact) mass is 250 g/mol. The number of hydrogen-bond acceptors (Lipinski definition) is 1. The van der Waals surface area contributed by atoms with Gasteiger partial charge >= 0.3 is 0 Å². The number of rotatable bonds is 0. The summed E-state index contributed by atoms with van der Waals surface area (Å²) in [6.07, 6.45) is 1.19. The minimum Gasteiger partial charge on any atom is -0.384 e. The summed E-state index contributed by atoms with van der Waals surface area (Å²) in [7, 11) is 0. The van der Waals surface area contributed by atoms with Crippen LogP contribution in [0.5, 0.6) is 0 Å². The van der Waals surface area contributed by atoms with Crippen LogP contribution in [-0.2, 0) is 6.42 Å². The highest BCUT2D eigenvalue weighted by Gasteiger charge is 2.05. The van der Waals surface area contributed by atoms with Crippen molar-refractivity contribution in [3.05, 3.63) is 65.9 Å². The molecule has 0 spiro atoms. The van der Waals surface area contributed by atoms with Crippen LogP contribution in [-0.4, -0.2) is 11.5 Å². The van der Waals surface area contributed by atoms with Crippen LogP contribution >= 0.6 is 0 Å². The smallest absolute Gasteiger partial charge is 0.0455 e. The first-order valence-electron chi connectivity index (χ1n) is 6.69. The van der Waals surface area contributed by atoms with Crippen molar-refractivity contribution in [2.75, 3.05) is 11.9 Å². The number of fused-ring (bicyclic) bond motifs is 2. The van der Waals surface area contributed by atoms with Crippen LogP contribution in [0.4, 0.5) is 5.69 Å². The summed E-state index contributed by atoms with van der Waals surface area (Å²) in [5.41, 5.74) is 5.22. The second-order valence-electron chi connectivity index (χ2n) is 4.87. The van der Waals surface area contributed by atoms with Gasteiger partial charge in [0.1, 0.15) is 0 Å². The van der Waals surface area contributed by atoms with Crippen LogP contribution in [0.1, 0.15) is 11.3 Å². The number of benzene rings is 2. The number of nitrogens with one attached hydrogen (secondary N) is 2. The van der Waals surface area contributed by atoms with Crippen molar-refractivity contribution in [1.29, 1.82) is 0 Å². The lowest BCUT2D eigenvalue weighted by Gasteiger charge is -1.94. The number of aromatic nitrogens is 1. The lowest BCUT2D eigenvalue weighted by Crippen LogP contribution is -1.90. The topological polar surface area (TPSA) is 27.8 Å². The van der Waals surface area contributed by atoms with Crippen molar-refractivity contribution in [1.82, 2.24) is 4.98 Å². The maximum Gasteiger partial charge on any atom is 0.0455 e. The molecule has 1 aliphatic rings. The molecule has 2 N–H and O–H groups in total. The molecule has 2 heteroatoms. The van der Waals surface area contributed by atoms with Crippen LogP contribution in [0.25, 0.3) is 10.9 Å². The molecular formula is C17H18N2. The Hall–Kier alpha value is -2.22. The first kappa shape index (κ1) is 11.8. The molecule has 0 atom stereocenters. The summed E-state index contributed by atoms with van der Waals surface area (Å²) in [5.74, 6) is 0. The van der Waals surface area contributed by atoms with Crippen molar-refractivity contribution < 1.29 is 0 Å². The molecule has 0 saturated heterocycles. The number of anilines is 1. The third-order valence-corrected chi connectivity index (χ3v) is 3.39. The van der Waals surface area contributed by atoms with E-state index in [9.17, 15) is 0 Å². The summed E-state index contributed by atoms with van der Waals surface area (Å²) >= 11 is 0. The highest BCUT2D eigenvalue weighted by Crippen LogP contribution is 2.20.